The fourth-order valence-electron chi connectivity index (χ4n) is 5.84. The van der Waals surface area contributed by atoms with Gasteiger partial charge >= 0.3 is 0 Å². The second-order valence-electron chi connectivity index (χ2n) is 8.07. The van der Waals surface area contributed by atoms with E-state index >= 15 is 0 Å². The molecule has 1 N–H and O–H groups in total. The van der Waals surface area contributed by atoms with Crippen molar-refractivity contribution in [3.05, 3.63) is 34.6 Å². The zero-order chi connectivity index (χ0) is 16.2. The van der Waals surface area contributed by atoms with E-state index in [-0.39, 0.29) is 28.0 Å². The quantitative estimate of drug-likeness (QED) is 0.843. The minimum absolute atomic E-state index is 0.0225. The van der Waals surface area contributed by atoms with Crippen molar-refractivity contribution in [1.29, 1.82) is 0 Å². The topological polar surface area (TPSA) is 29.1 Å². The van der Waals surface area contributed by atoms with Gasteiger partial charge in [0, 0.05) is 6.04 Å². The van der Waals surface area contributed by atoms with Crippen LogP contribution in [0, 0.1) is 29.0 Å². The molecule has 1 amide bonds. The zero-order valence-electron chi connectivity index (χ0n) is 13.4. The maximum Gasteiger partial charge on any atom is 0.256 e. The highest BCUT2D eigenvalue weighted by Crippen LogP contribution is 2.61. The number of rotatable bonds is 3. The van der Waals surface area contributed by atoms with Crippen LogP contribution in [-0.2, 0) is 0 Å². The third-order valence-corrected chi connectivity index (χ3v) is 6.86. The summed E-state index contributed by atoms with van der Waals surface area (Å²) in [6.07, 6.45) is 7.76. The molecule has 1 aromatic carbocycles. The molecule has 23 heavy (non-hydrogen) atoms. The van der Waals surface area contributed by atoms with Crippen molar-refractivity contribution in [3.63, 3.8) is 0 Å². The highest BCUT2D eigenvalue weighted by Gasteiger charge is 2.53. The number of halogens is 2. The fourth-order valence-corrected chi connectivity index (χ4v) is 6.09. The Labute approximate surface area is 141 Å². The number of hydrogen-bond acceptors (Lipinski definition) is 1. The van der Waals surface area contributed by atoms with E-state index in [9.17, 15) is 9.18 Å². The monoisotopic (exact) mass is 335 g/mol. The van der Waals surface area contributed by atoms with Crippen LogP contribution in [0.5, 0.6) is 0 Å². The van der Waals surface area contributed by atoms with Gasteiger partial charge in [-0.15, -0.1) is 0 Å². The molecule has 4 aliphatic rings. The summed E-state index contributed by atoms with van der Waals surface area (Å²) in [5, 5.41) is 3.25. The molecule has 0 aliphatic heterocycles. The van der Waals surface area contributed by atoms with E-state index in [2.05, 4.69) is 12.2 Å². The van der Waals surface area contributed by atoms with Gasteiger partial charge in [-0.3, -0.25) is 4.79 Å². The number of amides is 1. The highest BCUT2D eigenvalue weighted by molar-refractivity contribution is 6.33. The lowest BCUT2D eigenvalue weighted by molar-refractivity contribution is -0.0688. The van der Waals surface area contributed by atoms with Gasteiger partial charge in [-0.1, -0.05) is 17.7 Å². The zero-order valence-corrected chi connectivity index (χ0v) is 14.2. The summed E-state index contributed by atoms with van der Waals surface area (Å²) in [5.74, 6) is 1.57. The molecule has 0 saturated heterocycles. The van der Waals surface area contributed by atoms with E-state index in [0.717, 1.165) is 17.8 Å². The van der Waals surface area contributed by atoms with E-state index in [1.807, 2.05) is 0 Å². The van der Waals surface area contributed by atoms with Gasteiger partial charge in [-0.25, -0.2) is 4.39 Å². The smallest absolute Gasteiger partial charge is 0.256 e. The molecule has 1 aromatic rings. The standard InChI is InChI=1S/C19H23ClFNO/c1-11(22-18(23)17-15(20)3-2-4-16(17)21)19-8-12-5-13(9-19)7-14(6-12)10-19/h2-4,11-14H,5-10H2,1H3,(H,22,23). The minimum atomic E-state index is -0.548. The molecule has 4 saturated carbocycles. The average Bonchev–Trinajstić information content (AvgIpc) is 2.45. The third kappa shape index (κ3) is 2.57. The summed E-state index contributed by atoms with van der Waals surface area (Å²) < 4.78 is 14.0. The van der Waals surface area contributed by atoms with Gasteiger partial charge < -0.3 is 5.32 Å². The largest absolute Gasteiger partial charge is 0.349 e. The summed E-state index contributed by atoms with van der Waals surface area (Å²) >= 11 is 6.03. The Balaban J connectivity index is 1.54. The Morgan fingerprint density at radius 1 is 1.22 bits per heavy atom. The van der Waals surface area contributed by atoms with Crippen molar-refractivity contribution in [2.45, 2.75) is 51.5 Å². The molecule has 4 bridgehead atoms. The number of benzene rings is 1. The summed E-state index contributed by atoms with van der Waals surface area (Å²) in [5.41, 5.74) is 0.188. The van der Waals surface area contributed by atoms with Crippen LogP contribution < -0.4 is 5.32 Å². The SMILES string of the molecule is CC(NC(=O)c1c(F)cccc1Cl)C12CC3CC(CC(C3)C1)C2. The molecule has 0 spiro atoms. The molecule has 1 unspecified atom stereocenters. The fraction of sp³-hybridized carbons (Fsp3) is 0.632. The predicted octanol–water partition coefficient (Wildman–Crippen LogP) is 4.81. The summed E-state index contributed by atoms with van der Waals surface area (Å²) in [7, 11) is 0. The minimum Gasteiger partial charge on any atom is -0.349 e. The van der Waals surface area contributed by atoms with Crippen molar-refractivity contribution >= 4 is 17.5 Å². The molecule has 0 radical (unpaired) electrons. The predicted molar refractivity (Wildman–Crippen MR) is 88.9 cm³/mol. The van der Waals surface area contributed by atoms with E-state index < -0.39 is 5.82 Å². The number of nitrogens with one attached hydrogen (secondary N) is 1. The summed E-state index contributed by atoms with van der Waals surface area (Å²) in [6.45, 7) is 2.10. The van der Waals surface area contributed by atoms with Gasteiger partial charge in [0.1, 0.15) is 5.82 Å². The second kappa shape index (κ2) is 5.47. The van der Waals surface area contributed by atoms with Crippen molar-refractivity contribution in [1.82, 2.24) is 5.32 Å². The summed E-state index contributed by atoms with van der Waals surface area (Å²) in [4.78, 5) is 12.6. The van der Waals surface area contributed by atoms with Crippen LogP contribution in [0.25, 0.3) is 0 Å². The molecule has 2 nitrogen and oxygen atoms in total. The molecule has 124 valence electrons. The molecule has 1 atom stereocenters. The van der Waals surface area contributed by atoms with Gasteiger partial charge in [0.25, 0.3) is 5.91 Å². The number of hydrogen-bond donors (Lipinski definition) is 1. The maximum atomic E-state index is 14.0. The molecule has 5 rings (SSSR count). The van der Waals surface area contributed by atoms with E-state index in [4.69, 9.17) is 11.6 Å². The van der Waals surface area contributed by atoms with E-state index in [0.29, 0.717) is 0 Å². The first-order chi connectivity index (χ1) is 11.0. The van der Waals surface area contributed by atoms with Crippen molar-refractivity contribution < 1.29 is 9.18 Å². The van der Waals surface area contributed by atoms with E-state index in [1.165, 1.54) is 50.7 Å². The average molecular weight is 336 g/mol. The Hall–Kier alpha value is -1.09. The molecular weight excluding hydrogens is 313 g/mol. The van der Waals surface area contributed by atoms with E-state index in [1.54, 1.807) is 6.07 Å². The lowest BCUT2D eigenvalue weighted by Crippen LogP contribution is -2.55. The van der Waals surface area contributed by atoms with Crippen molar-refractivity contribution in [2.24, 2.45) is 23.2 Å². The lowest BCUT2D eigenvalue weighted by Gasteiger charge is -2.59. The first kappa shape index (κ1) is 15.4. The van der Waals surface area contributed by atoms with Crippen LogP contribution in [0.4, 0.5) is 4.39 Å². The van der Waals surface area contributed by atoms with Crippen LogP contribution in [0.2, 0.25) is 5.02 Å². The van der Waals surface area contributed by atoms with Gasteiger partial charge in [0.15, 0.2) is 0 Å². The molecule has 4 fully saturated rings. The Kier molecular flexibility index (Phi) is 3.67. The van der Waals surface area contributed by atoms with Gasteiger partial charge in [0.2, 0.25) is 0 Å². The number of carbonyl (C=O) groups excluding carboxylic acids is 1. The van der Waals surface area contributed by atoms with Crippen LogP contribution in [0.1, 0.15) is 55.8 Å². The molecule has 0 aromatic heterocycles. The first-order valence-electron chi connectivity index (χ1n) is 8.72. The third-order valence-electron chi connectivity index (χ3n) is 6.54. The molecule has 0 heterocycles. The number of carbonyl (C=O) groups is 1. The maximum absolute atomic E-state index is 14.0. The lowest BCUT2D eigenvalue weighted by atomic mass is 9.48. The van der Waals surface area contributed by atoms with Crippen molar-refractivity contribution in [2.75, 3.05) is 0 Å². The van der Waals surface area contributed by atoms with Crippen LogP contribution in [-0.4, -0.2) is 11.9 Å². The van der Waals surface area contributed by atoms with Gasteiger partial charge in [0.05, 0.1) is 10.6 Å². The summed E-state index contributed by atoms with van der Waals surface area (Å²) in [6, 6.07) is 4.45. The van der Waals surface area contributed by atoms with Crippen LogP contribution >= 0.6 is 11.6 Å². The second-order valence-corrected chi connectivity index (χ2v) is 8.48. The Bertz CT molecular complexity index is 589. The van der Waals surface area contributed by atoms with Crippen molar-refractivity contribution in [3.8, 4) is 0 Å². The first-order valence-corrected chi connectivity index (χ1v) is 9.09. The Morgan fingerprint density at radius 2 is 1.78 bits per heavy atom. The Morgan fingerprint density at radius 3 is 2.30 bits per heavy atom. The van der Waals surface area contributed by atoms with Gasteiger partial charge in [-0.05, 0) is 80.8 Å². The molecule has 4 aliphatic carbocycles. The normalized spacial score (nSPS) is 36.0. The van der Waals surface area contributed by atoms with Crippen LogP contribution in [0.15, 0.2) is 18.2 Å². The highest BCUT2D eigenvalue weighted by atomic mass is 35.5. The molecular formula is C19H23ClFNO. The molecule has 4 heteroatoms. The van der Waals surface area contributed by atoms with Gasteiger partial charge in [-0.2, -0.15) is 0 Å². The van der Waals surface area contributed by atoms with Crippen LogP contribution in [0.3, 0.4) is 0 Å².